The Morgan fingerprint density at radius 2 is 1.81 bits per heavy atom. The summed E-state index contributed by atoms with van der Waals surface area (Å²) in [6, 6.07) is 11.7. The third kappa shape index (κ3) is 3.45. The Morgan fingerprint density at radius 3 is 2.62 bits per heavy atom. The minimum atomic E-state index is 0.641. The van der Waals surface area contributed by atoms with Gasteiger partial charge >= 0.3 is 0 Å². The van der Waals surface area contributed by atoms with Crippen LogP contribution in [0.15, 0.2) is 53.3 Å². The number of nitrogens with two attached hydrogens (primary N) is 1. The molecule has 0 bridgehead atoms. The number of aromatic nitrogens is 3. The van der Waals surface area contributed by atoms with Crippen LogP contribution in [0.4, 0.5) is 5.69 Å². The summed E-state index contributed by atoms with van der Waals surface area (Å²) in [5.74, 6) is 1.33. The predicted molar refractivity (Wildman–Crippen MR) is 79.6 cm³/mol. The molecule has 0 radical (unpaired) electrons. The molecule has 5 nitrogen and oxygen atoms in total. The Morgan fingerprint density at radius 1 is 1.00 bits per heavy atom. The van der Waals surface area contributed by atoms with Crippen LogP contribution >= 0.6 is 0 Å². The van der Waals surface area contributed by atoms with Crippen molar-refractivity contribution in [3.8, 4) is 0 Å². The quantitative estimate of drug-likeness (QED) is 0.726. The van der Waals surface area contributed by atoms with Gasteiger partial charge < -0.3 is 10.3 Å². The number of hydrogen-bond acceptors (Lipinski definition) is 5. The van der Waals surface area contributed by atoms with Crippen molar-refractivity contribution in [3.05, 3.63) is 71.6 Å². The van der Waals surface area contributed by atoms with Crippen LogP contribution in [0.3, 0.4) is 0 Å². The standard InChI is InChI=1S/C16H16N4O/c17-14-4-2-1-3-13(14)5-6-16-19-15(20-21-16)11-12-7-9-18-10-8-12/h1-4,7-10H,5-6,11,17H2. The molecule has 0 aliphatic carbocycles. The molecule has 106 valence electrons. The lowest BCUT2D eigenvalue weighted by Crippen LogP contribution is -1.97. The fraction of sp³-hybridized carbons (Fsp3) is 0.188. The second kappa shape index (κ2) is 6.17. The molecule has 1 aromatic carbocycles. The Hall–Kier alpha value is -2.69. The van der Waals surface area contributed by atoms with E-state index >= 15 is 0 Å². The van der Waals surface area contributed by atoms with Crippen molar-refractivity contribution in [1.29, 1.82) is 0 Å². The lowest BCUT2D eigenvalue weighted by Gasteiger charge is -2.02. The number of nitrogens with zero attached hydrogens (tertiary/aromatic N) is 3. The molecule has 0 atom stereocenters. The Kier molecular flexibility index (Phi) is 3.91. The van der Waals surface area contributed by atoms with Crippen LogP contribution in [-0.4, -0.2) is 15.1 Å². The van der Waals surface area contributed by atoms with Crippen LogP contribution < -0.4 is 5.73 Å². The SMILES string of the molecule is Nc1ccccc1CCc1nc(Cc2ccncc2)no1. The Bertz CT molecular complexity index is 709. The van der Waals surface area contributed by atoms with Gasteiger partial charge in [-0.25, -0.2) is 0 Å². The maximum absolute atomic E-state index is 5.92. The van der Waals surface area contributed by atoms with Crippen molar-refractivity contribution in [2.24, 2.45) is 0 Å². The van der Waals surface area contributed by atoms with E-state index in [1.54, 1.807) is 12.4 Å². The molecular weight excluding hydrogens is 264 g/mol. The zero-order valence-electron chi connectivity index (χ0n) is 11.6. The highest BCUT2D eigenvalue weighted by atomic mass is 16.5. The van der Waals surface area contributed by atoms with Gasteiger partial charge in [0.15, 0.2) is 5.82 Å². The molecule has 0 spiro atoms. The van der Waals surface area contributed by atoms with E-state index in [0.29, 0.717) is 24.6 Å². The van der Waals surface area contributed by atoms with Gasteiger partial charge in [-0.2, -0.15) is 4.98 Å². The second-order valence-corrected chi connectivity index (χ2v) is 4.84. The van der Waals surface area contributed by atoms with Crippen LogP contribution in [0, 0.1) is 0 Å². The molecule has 0 saturated heterocycles. The first-order valence-corrected chi connectivity index (χ1v) is 6.85. The summed E-state index contributed by atoms with van der Waals surface area (Å²) < 4.78 is 5.28. The highest BCUT2D eigenvalue weighted by molar-refractivity contribution is 5.46. The first-order chi connectivity index (χ1) is 10.3. The Labute approximate surface area is 122 Å². The minimum absolute atomic E-state index is 0.641. The van der Waals surface area contributed by atoms with E-state index in [4.69, 9.17) is 10.3 Å². The molecule has 0 amide bonds. The molecule has 3 rings (SSSR count). The van der Waals surface area contributed by atoms with Gasteiger partial charge in [-0.3, -0.25) is 4.98 Å². The fourth-order valence-corrected chi connectivity index (χ4v) is 2.15. The number of hydrogen-bond donors (Lipinski definition) is 1. The topological polar surface area (TPSA) is 77.8 Å². The van der Waals surface area contributed by atoms with Crippen molar-refractivity contribution in [3.63, 3.8) is 0 Å². The molecule has 2 aromatic heterocycles. The lowest BCUT2D eigenvalue weighted by molar-refractivity contribution is 0.374. The van der Waals surface area contributed by atoms with Gasteiger partial charge in [-0.1, -0.05) is 23.4 Å². The summed E-state index contributed by atoms with van der Waals surface area (Å²) in [5, 5.41) is 4.01. The van der Waals surface area contributed by atoms with E-state index in [2.05, 4.69) is 15.1 Å². The molecule has 2 N–H and O–H groups in total. The van der Waals surface area contributed by atoms with Gasteiger partial charge in [0.2, 0.25) is 5.89 Å². The van der Waals surface area contributed by atoms with Crippen molar-refractivity contribution in [1.82, 2.24) is 15.1 Å². The van der Waals surface area contributed by atoms with Gasteiger partial charge in [0.1, 0.15) is 0 Å². The molecule has 0 fully saturated rings. The fourth-order valence-electron chi connectivity index (χ4n) is 2.15. The number of aryl methyl sites for hydroxylation is 2. The van der Waals surface area contributed by atoms with E-state index in [0.717, 1.165) is 23.2 Å². The van der Waals surface area contributed by atoms with E-state index in [1.165, 1.54) is 0 Å². The molecule has 0 unspecified atom stereocenters. The smallest absolute Gasteiger partial charge is 0.226 e. The zero-order valence-corrected chi connectivity index (χ0v) is 11.6. The summed E-state index contributed by atoms with van der Waals surface area (Å²) in [5.41, 5.74) is 8.94. The highest BCUT2D eigenvalue weighted by Crippen LogP contribution is 2.14. The van der Waals surface area contributed by atoms with Gasteiger partial charge in [-0.15, -0.1) is 0 Å². The molecule has 3 aromatic rings. The highest BCUT2D eigenvalue weighted by Gasteiger charge is 2.08. The number of pyridine rings is 1. The number of nitrogen functional groups attached to an aromatic ring is 1. The largest absolute Gasteiger partial charge is 0.399 e. The monoisotopic (exact) mass is 280 g/mol. The van der Waals surface area contributed by atoms with E-state index in [9.17, 15) is 0 Å². The summed E-state index contributed by atoms with van der Waals surface area (Å²) in [6.45, 7) is 0. The van der Waals surface area contributed by atoms with Crippen LogP contribution in [-0.2, 0) is 19.3 Å². The van der Waals surface area contributed by atoms with Crippen LogP contribution in [0.5, 0.6) is 0 Å². The number of para-hydroxylation sites is 1. The lowest BCUT2D eigenvalue weighted by atomic mass is 10.1. The van der Waals surface area contributed by atoms with Gasteiger partial charge in [0, 0.05) is 30.9 Å². The van der Waals surface area contributed by atoms with Crippen molar-refractivity contribution in [2.45, 2.75) is 19.3 Å². The Balaban J connectivity index is 1.62. The maximum Gasteiger partial charge on any atom is 0.226 e. The predicted octanol–water partition coefficient (Wildman–Crippen LogP) is 2.42. The third-order valence-electron chi connectivity index (χ3n) is 3.29. The van der Waals surface area contributed by atoms with Gasteiger partial charge in [0.25, 0.3) is 0 Å². The molecule has 5 heteroatoms. The zero-order chi connectivity index (χ0) is 14.5. The molecule has 0 aliphatic rings. The van der Waals surface area contributed by atoms with E-state index in [1.807, 2.05) is 36.4 Å². The van der Waals surface area contributed by atoms with Crippen molar-refractivity contribution < 1.29 is 4.52 Å². The molecule has 21 heavy (non-hydrogen) atoms. The van der Waals surface area contributed by atoms with Gasteiger partial charge in [-0.05, 0) is 35.7 Å². The van der Waals surface area contributed by atoms with E-state index < -0.39 is 0 Å². The minimum Gasteiger partial charge on any atom is -0.399 e. The van der Waals surface area contributed by atoms with Crippen molar-refractivity contribution in [2.75, 3.05) is 5.73 Å². The third-order valence-corrected chi connectivity index (χ3v) is 3.29. The average molecular weight is 280 g/mol. The maximum atomic E-state index is 5.92. The normalized spacial score (nSPS) is 10.7. The summed E-state index contributed by atoms with van der Waals surface area (Å²) in [6.07, 6.45) is 5.66. The molecule has 2 heterocycles. The number of benzene rings is 1. The second-order valence-electron chi connectivity index (χ2n) is 4.84. The molecule has 0 aliphatic heterocycles. The van der Waals surface area contributed by atoms with Crippen LogP contribution in [0.1, 0.15) is 22.8 Å². The van der Waals surface area contributed by atoms with Gasteiger partial charge in [0.05, 0.1) is 0 Å². The summed E-state index contributed by atoms with van der Waals surface area (Å²) in [4.78, 5) is 8.40. The summed E-state index contributed by atoms with van der Waals surface area (Å²) in [7, 11) is 0. The number of anilines is 1. The first kappa shape index (κ1) is 13.3. The molecular formula is C16H16N4O. The average Bonchev–Trinajstić information content (AvgIpc) is 2.95. The first-order valence-electron chi connectivity index (χ1n) is 6.85. The molecule has 0 saturated carbocycles. The van der Waals surface area contributed by atoms with Crippen LogP contribution in [0.25, 0.3) is 0 Å². The van der Waals surface area contributed by atoms with E-state index in [-0.39, 0.29) is 0 Å². The number of rotatable bonds is 5. The van der Waals surface area contributed by atoms with Crippen molar-refractivity contribution >= 4 is 5.69 Å². The van der Waals surface area contributed by atoms with Crippen LogP contribution in [0.2, 0.25) is 0 Å². The summed E-state index contributed by atoms with van der Waals surface area (Å²) >= 11 is 0.